The molecule has 3 heterocycles. The normalized spacial score (nSPS) is 19.9. The highest BCUT2D eigenvalue weighted by Crippen LogP contribution is 2.23. The first-order valence-corrected chi connectivity index (χ1v) is 9.36. The van der Waals surface area contributed by atoms with E-state index in [-0.39, 0.29) is 18.6 Å². The van der Waals surface area contributed by atoms with E-state index in [1.165, 1.54) is 4.90 Å². The van der Waals surface area contributed by atoms with Gasteiger partial charge in [0.15, 0.2) is 11.7 Å². The van der Waals surface area contributed by atoms with Gasteiger partial charge in [-0.25, -0.2) is 19.2 Å². The number of alkyl halides is 1. The molecule has 1 fully saturated rings. The summed E-state index contributed by atoms with van der Waals surface area (Å²) in [5, 5.41) is 5.68. The zero-order valence-corrected chi connectivity index (χ0v) is 16.8. The lowest BCUT2D eigenvalue weighted by Gasteiger charge is -2.34. The lowest BCUT2D eigenvalue weighted by Crippen LogP contribution is -2.52. The molecule has 2 amide bonds. The molecule has 0 spiro atoms. The Morgan fingerprint density at radius 2 is 2.21 bits per heavy atom. The van der Waals surface area contributed by atoms with Crippen LogP contribution in [0.2, 0.25) is 0 Å². The Balaban J connectivity index is 1.76. The Morgan fingerprint density at radius 3 is 2.83 bits per heavy atom. The Morgan fingerprint density at radius 1 is 1.41 bits per heavy atom. The zero-order chi connectivity index (χ0) is 21.0. The molecule has 0 radical (unpaired) electrons. The molecule has 1 aliphatic rings. The monoisotopic (exact) mass is 400 g/mol. The molecule has 2 aromatic rings. The molecule has 8 nitrogen and oxygen atoms in total. The molecule has 1 aliphatic heterocycles. The Kier molecular flexibility index (Phi) is 6.38. The van der Waals surface area contributed by atoms with Crippen molar-refractivity contribution in [2.45, 2.75) is 32.5 Å². The minimum atomic E-state index is -1.10. The minimum absolute atomic E-state index is 0.0470. The molecule has 1 saturated heterocycles. The van der Waals surface area contributed by atoms with Crippen LogP contribution in [0.4, 0.5) is 15.0 Å². The molecule has 0 aliphatic carbocycles. The summed E-state index contributed by atoms with van der Waals surface area (Å²) >= 11 is 0. The number of aryl methyl sites for hydroxylation is 2. The molecule has 154 valence electrons. The maximum absolute atomic E-state index is 14.1. The third kappa shape index (κ3) is 4.86. The lowest BCUT2D eigenvalue weighted by atomic mass is 10.0. The largest absolute Gasteiger partial charge is 0.439 e. The predicted octanol–water partition coefficient (Wildman–Crippen LogP) is 3.05. The number of aliphatic imine (C=N–C) groups is 1. The van der Waals surface area contributed by atoms with Crippen LogP contribution in [0.1, 0.15) is 29.2 Å². The molecular weight excluding hydrogens is 375 g/mol. The second kappa shape index (κ2) is 8.95. The maximum Gasteiger partial charge on any atom is 0.323 e. The van der Waals surface area contributed by atoms with E-state index < -0.39 is 6.17 Å². The van der Waals surface area contributed by atoms with Crippen molar-refractivity contribution in [3.05, 3.63) is 41.2 Å². The number of carbonyl (C=O) groups excluding carboxylic acids is 1. The van der Waals surface area contributed by atoms with Gasteiger partial charge < -0.3 is 14.6 Å². The number of piperidine rings is 1. The van der Waals surface area contributed by atoms with Crippen molar-refractivity contribution in [2.75, 3.05) is 25.5 Å². The van der Waals surface area contributed by atoms with E-state index in [2.05, 4.69) is 32.3 Å². The number of rotatable bonds is 5. The van der Waals surface area contributed by atoms with Crippen molar-refractivity contribution < 1.29 is 13.6 Å². The fraction of sp³-hybridized carbons (Fsp3) is 0.400. The molecule has 0 aromatic carbocycles. The zero-order valence-electron chi connectivity index (χ0n) is 16.8. The third-order valence-electron chi connectivity index (χ3n) is 4.92. The number of likely N-dealkylation sites (tertiary alicyclic amines) is 1. The van der Waals surface area contributed by atoms with Crippen LogP contribution in [0.3, 0.4) is 0 Å². The summed E-state index contributed by atoms with van der Waals surface area (Å²) in [5.74, 6) is 1.40. The molecule has 2 atom stereocenters. The average Bonchev–Trinajstić information content (AvgIpc) is 3.14. The van der Waals surface area contributed by atoms with Gasteiger partial charge in [-0.2, -0.15) is 0 Å². The van der Waals surface area contributed by atoms with Gasteiger partial charge in [-0.1, -0.05) is 0 Å². The summed E-state index contributed by atoms with van der Waals surface area (Å²) in [6.07, 6.45) is 4.48. The van der Waals surface area contributed by atoms with E-state index in [0.29, 0.717) is 36.1 Å². The second-order valence-electron chi connectivity index (χ2n) is 6.93. The molecular formula is C20H25FN6O2. The van der Waals surface area contributed by atoms with E-state index in [1.807, 2.05) is 6.92 Å². The molecule has 0 unspecified atom stereocenters. The highest BCUT2D eigenvalue weighted by molar-refractivity contribution is 5.89. The molecule has 3 rings (SSSR count). The molecule has 0 bridgehead atoms. The number of hydrogen-bond donors (Lipinski definition) is 2. The molecule has 9 heteroatoms. The molecule has 0 saturated carbocycles. The van der Waals surface area contributed by atoms with Gasteiger partial charge in [-0.3, -0.25) is 10.3 Å². The number of nitrogens with zero attached hydrogens (tertiary/aromatic N) is 4. The quantitative estimate of drug-likeness (QED) is 0.752. The second-order valence-corrected chi connectivity index (χ2v) is 6.93. The number of aromatic nitrogens is 2. The van der Waals surface area contributed by atoms with Crippen molar-refractivity contribution in [3.8, 4) is 0 Å². The first-order valence-electron chi connectivity index (χ1n) is 9.36. The van der Waals surface area contributed by atoms with Crippen molar-refractivity contribution in [1.82, 2.24) is 20.2 Å². The van der Waals surface area contributed by atoms with Crippen LogP contribution in [0.5, 0.6) is 0 Å². The van der Waals surface area contributed by atoms with Crippen LogP contribution in [0.25, 0.3) is 11.8 Å². The number of pyridine rings is 1. The number of oxazole rings is 1. The fourth-order valence-corrected chi connectivity index (χ4v) is 3.19. The summed E-state index contributed by atoms with van der Waals surface area (Å²) in [5.41, 5.74) is 2.20. The first-order chi connectivity index (χ1) is 13.9. The summed E-state index contributed by atoms with van der Waals surface area (Å²) in [6.45, 7) is 7.75. The summed E-state index contributed by atoms with van der Waals surface area (Å²) < 4.78 is 19.6. The van der Waals surface area contributed by atoms with Crippen LogP contribution in [-0.2, 0) is 0 Å². The van der Waals surface area contributed by atoms with Gasteiger partial charge in [0.1, 0.15) is 17.7 Å². The van der Waals surface area contributed by atoms with Crippen LogP contribution in [0.15, 0.2) is 27.9 Å². The van der Waals surface area contributed by atoms with Crippen molar-refractivity contribution >= 4 is 30.3 Å². The number of halogens is 1. The van der Waals surface area contributed by atoms with Gasteiger partial charge in [-0.05, 0) is 50.4 Å². The Labute approximate surface area is 168 Å². The fourth-order valence-electron chi connectivity index (χ4n) is 3.19. The molecule has 2 aromatic heterocycles. The Hall–Kier alpha value is -3.07. The van der Waals surface area contributed by atoms with Gasteiger partial charge >= 0.3 is 6.03 Å². The van der Waals surface area contributed by atoms with Crippen molar-refractivity contribution in [2.24, 2.45) is 4.99 Å². The number of urea groups is 1. The van der Waals surface area contributed by atoms with Crippen LogP contribution in [-0.4, -0.2) is 60.0 Å². The van der Waals surface area contributed by atoms with E-state index in [4.69, 9.17) is 4.42 Å². The topological polar surface area (TPSA) is 95.7 Å². The highest BCUT2D eigenvalue weighted by Gasteiger charge is 2.30. The van der Waals surface area contributed by atoms with Crippen LogP contribution < -0.4 is 10.6 Å². The number of carbonyl (C=O) groups is 1. The first kappa shape index (κ1) is 20.7. The SMILES string of the molecule is C=N/C(=C\c1cc(NC(=O)N2CC[C@H](NC)[C@@H](F)C2)ncc1C)c1cnc(C)o1. The number of nitrogens with one attached hydrogen (secondary N) is 2. The highest BCUT2D eigenvalue weighted by atomic mass is 19.1. The maximum atomic E-state index is 14.1. The van der Waals surface area contributed by atoms with E-state index in [0.717, 1.165) is 11.1 Å². The van der Waals surface area contributed by atoms with Gasteiger partial charge in [0, 0.05) is 25.7 Å². The predicted molar refractivity (Wildman–Crippen MR) is 111 cm³/mol. The van der Waals surface area contributed by atoms with E-state index in [9.17, 15) is 9.18 Å². The number of hydrogen-bond acceptors (Lipinski definition) is 6. The standard InChI is InChI=1S/C20H25FN6O2/c1-12-9-25-19(26-20(28)27-6-5-16(22-3)15(21)11-27)8-14(12)7-17(23-4)18-10-24-13(2)29-18/h7-10,15-16,22H,4-6,11H2,1-3H3,(H,25,26,28)/b17-7-/t15-,16-/m0/s1. The van der Waals surface area contributed by atoms with E-state index >= 15 is 0 Å². The van der Waals surface area contributed by atoms with Crippen molar-refractivity contribution in [1.29, 1.82) is 0 Å². The minimum Gasteiger partial charge on any atom is -0.439 e. The van der Waals surface area contributed by atoms with Gasteiger partial charge in [0.2, 0.25) is 0 Å². The third-order valence-corrected chi connectivity index (χ3v) is 4.92. The number of anilines is 1. The lowest BCUT2D eigenvalue weighted by molar-refractivity contribution is 0.126. The van der Waals surface area contributed by atoms with Crippen LogP contribution >= 0.6 is 0 Å². The van der Waals surface area contributed by atoms with Gasteiger partial charge in [0.25, 0.3) is 0 Å². The summed E-state index contributed by atoms with van der Waals surface area (Å²) in [4.78, 5) is 26.3. The molecule has 2 N–H and O–H groups in total. The smallest absolute Gasteiger partial charge is 0.323 e. The summed E-state index contributed by atoms with van der Waals surface area (Å²) in [7, 11) is 1.73. The van der Waals surface area contributed by atoms with Crippen LogP contribution in [0, 0.1) is 13.8 Å². The molecule has 29 heavy (non-hydrogen) atoms. The van der Waals surface area contributed by atoms with Crippen molar-refractivity contribution in [3.63, 3.8) is 0 Å². The van der Waals surface area contributed by atoms with Gasteiger partial charge in [-0.15, -0.1) is 0 Å². The Bertz CT molecular complexity index is 925. The average molecular weight is 400 g/mol. The van der Waals surface area contributed by atoms with Gasteiger partial charge in [0.05, 0.1) is 12.7 Å². The van der Waals surface area contributed by atoms with E-state index in [1.54, 1.807) is 38.5 Å². The summed E-state index contributed by atoms with van der Waals surface area (Å²) in [6, 6.07) is 1.13. The number of amides is 2.